The molecule has 0 aromatic heterocycles. The lowest BCUT2D eigenvalue weighted by atomic mass is 9.94. The summed E-state index contributed by atoms with van der Waals surface area (Å²) in [5.74, 6) is -0.712. The third-order valence-electron chi connectivity index (χ3n) is 5.67. The summed E-state index contributed by atoms with van der Waals surface area (Å²) in [7, 11) is 0. The Morgan fingerprint density at radius 2 is 1.69 bits per heavy atom. The maximum absolute atomic E-state index is 12.9. The molecular formula is C20H29N3O3. The maximum atomic E-state index is 12.9. The number of amides is 1. The maximum Gasteiger partial charge on any atom is 0.328 e. The Bertz CT molecular complexity index is 626. The normalized spacial score (nSPS) is 22.7. The van der Waals surface area contributed by atoms with E-state index in [1.54, 1.807) is 4.90 Å². The minimum Gasteiger partial charge on any atom is -0.480 e. The van der Waals surface area contributed by atoms with Crippen molar-refractivity contribution in [1.82, 2.24) is 9.80 Å². The number of carboxylic acids is 1. The van der Waals surface area contributed by atoms with Crippen LogP contribution in [0.1, 0.15) is 26.7 Å². The summed E-state index contributed by atoms with van der Waals surface area (Å²) in [4.78, 5) is 30.8. The van der Waals surface area contributed by atoms with Gasteiger partial charge in [-0.05, 0) is 51.9 Å². The van der Waals surface area contributed by atoms with E-state index in [1.807, 2.05) is 35.2 Å². The van der Waals surface area contributed by atoms with Crippen LogP contribution < -0.4 is 4.90 Å². The smallest absolute Gasteiger partial charge is 0.328 e. The van der Waals surface area contributed by atoms with Gasteiger partial charge in [-0.2, -0.15) is 0 Å². The Balaban J connectivity index is 1.64. The highest BCUT2D eigenvalue weighted by molar-refractivity contribution is 5.83. The summed E-state index contributed by atoms with van der Waals surface area (Å²) in [6.07, 6.45) is 1.74. The summed E-state index contributed by atoms with van der Waals surface area (Å²) < 4.78 is 0. The van der Waals surface area contributed by atoms with Gasteiger partial charge in [-0.3, -0.25) is 4.79 Å². The molecule has 6 nitrogen and oxygen atoms in total. The molecule has 1 aromatic carbocycles. The highest BCUT2D eigenvalue weighted by Gasteiger charge is 2.37. The van der Waals surface area contributed by atoms with Gasteiger partial charge in [0.05, 0.1) is 6.54 Å². The number of nitrogens with zero attached hydrogens (tertiary/aromatic N) is 3. The van der Waals surface area contributed by atoms with Gasteiger partial charge in [0.15, 0.2) is 0 Å². The number of para-hydroxylation sites is 1. The molecule has 2 fully saturated rings. The number of hydrogen-bond acceptors (Lipinski definition) is 4. The number of benzene rings is 1. The van der Waals surface area contributed by atoms with Crippen LogP contribution >= 0.6 is 0 Å². The molecule has 6 heteroatoms. The number of carbonyl (C=O) groups is 2. The van der Waals surface area contributed by atoms with Gasteiger partial charge in [-0.1, -0.05) is 18.2 Å². The van der Waals surface area contributed by atoms with Crippen LogP contribution in [-0.2, 0) is 9.59 Å². The van der Waals surface area contributed by atoms with Gasteiger partial charge in [-0.15, -0.1) is 0 Å². The largest absolute Gasteiger partial charge is 0.480 e. The number of rotatable bonds is 4. The third-order valence-corrected chi connectivity index (χ3v) is 5.67. The molecule has 2 heterocycles. The molecule has 0 radical (unpaired) electrons. The van der Waals surface area contributed by atoms with E-state index in [2.05, 4.69) is 18.7 Å². The highest BCUT2D eigenvalue weighted by atomic mass is 16.4. The van der Waals surface area contributed by atoms with Crippen molar-refractivity contribution in [3.63, 3.8) is 0 Å². The summed E-state index contributed by atoms with van der Waals surface area (Å²) in [5, 5.41) is 9.69. The molecule has 3 rings (SSSR count). The third kappa shape index (κ3) is 4.01. The molecular weight excluding hydrogens is 330 g/mol. The number of carboxylic acid groups (broad SMARTS) is 1. The lowest BCUT2D eigenvalue weighted by Gasteiger charge is -2.43. The van der Waals surface area contributed by atoms with E-state index < -0.39 is 12.0 Å². The first kappa shape index (κ1) is 18.7. The van der Waals surface area contributed by atoms with Crippen LogP contribution in [0.5, 0.6) is 0 Å². The molecule has 1 atom stereocenters. The Labute approximate surface area is 155 Å². The molecule has 1 N–H and O–H groups in total. The Morgan fingerprint density at radius 1 is 1.04 bits per heavy atom. The minimum absolute atomic E-state index is 0.0303. The second-order valence-corrected chi connectivity index (χ2v) is 7.57. The predicted molar refractivity (Wildman–Crippen MR) is 101 cm³/mol. The quantitative estimate of drug-likeness (QED) is 0.890. The van der Waals surface area contributed by atoms with Crippen molar-refractivity contribution in [3.8, 4) is 0 Å². The molecule has 26 heavy (non-hydrogen) atoms. The Kier molecular flexibility index (Phi) is 5.81. The fourth-order valence-electron chi connectivity index (χ4n) is 4.04. The van der Waals surface area contributed by atoms with E-state index in [0.717, 1.165) is 31.6 Å². The number of carbonyl (C=O) groups excluding carboxylic acids is 1. The SMILES string of the molecule is CC(C)N1CCC(C(=O)N2CCN(c3ccccc3)C(C(=O)O)C2)CC1. The molecule has 1 aromatic rings. The van der Waals surface area contributed by atoms with Crippen molar-refractivity contribution >= 4 is 17.6 Å². The molecule has 1 unspecified atom stereocenters. The number of piperazine rings is 1. The minimum atomic E-state index is -0.874. The van der Waals surface area contributed by atoms with Crippen molar-refractivity contribution in [3.05, 3.63) is 30.3 Å². The number of piperidine rings is 1. The average Bonchev–Trinajstić information content (AvgIpc) is 2.67. The number of hydrogen-bond donors (Lipinski definition) is 1. The first-order valence-corrected chi connectivity index (χ1v) is 9.54. The van der Waals surface area contributed by atoms with Crippen LogP contribution in [0, 0.1) is 5.92 Å². The van der Waals surface area contributed by atoms with Gasteiger partial charge >= 0.3 is 5.97 Å². The van der Waals surface area contributed by atoms with Crippen molar-refractivity contribution < 1.29 is 14.7 Å². The van der Waals surface area contributed by atoms with E-state index in [1.165, 1.54) is 0 Å². The zero-order valence-corrected chi connectivity index (χ0v) is 15.7. The van der Waals surface area contributed by atoms with E-state index in [0.29, 0.717) is 19.1 Å². The molecule has 2 aliphatic heterocycles. The first-order valence-electron chi connectivity index (χ1n) is 9.54. The first-order chi connectivity index (χ1) is 12.5. The molecule has 2 saturated heterocycles. The number of aliphatic carboxylic acids is 1. The van der Waals surface area contributed by atoms with E-state index in [-0.39, 0.29) is 18.4 Å². The molecule has 0 aliphatic carbocycles. The zero-order valence-electron chi connectivity index (χ0n) is 15.7. The van der Waals surface area contributed by atoms with Crippen molar-refractivity contribution in [2.75, 3.05) is 37.6 Å². The standard InChI is InChI=1S/C20H29N3O3/c1-15(2)21-10-8-16(9-11-21)19(24)22-12-13-23(18(14-22)20(25)26)17-6-4-3-5-7-17/h3-7,15-16,18H,8-14H2,1-2H3,(H,25,26). The summed E-state index contributed by atoms with van der Waals surface area (Å²) in [6, 6.07) is 9.41. The van der Waals surface area contributed by atoms with E-state index in [9.17, 15) is 14.7 Å². The van der Waals surface area contributed by atoms with Gasteiger partial charge in [0, 0.05) is 30.7 Å². The second kappa shape index (κ2) is 8.08. The van der Waals surface area contributed by atoms with Crippen LogP contribution in [0.2, 0.25) is 0 Å². The van der Waals surface area contributed by atoms with Crippen molar-refractivity contribution in [1.29, 1.82) is 0 Å². The van der Waals surface area contributed by atoms with Crippen LogP contribution in [0.3, 0.4) is 0 Å². The average molecular weight is 359 g/mol. The number of likely N-dealkylation sites (tertiary alicyclic amines) is 1. The van der Waals surface area contributed by atoms with E-state index in [4.69, 9.17) is 0 Å². The Morgan fingerprint density at radius 3 is 2.27 bits per heavy atom. The van der Waals surface area contributed by atoms with Crippen LogP contribution in [0.15, 0.2) is 30.3 Å². The summed E-state index contributed by atoms with van der Waals surface area (Å²) in [6.45, 7) is 7.65. The molecule has 2 aliphatic rings. The second-order valence-electron chi connectivity index (χ2n) is 7.57. The number of anilines is 1. The van der Waals surface area contributed by atoms with Gasteiger partial charge in [0.1, 0.15) is 6.04 Å². The van der Waals surface area contributed by atoms with E-state index >= 15 is 0 Å². The highest BCUT2D eigenvalue weighted by Crippen LogP contribution is 2.25. The Hall–Kier alpha value is -2.08. The van der Waals surface area contributed by atoms with Gasteiger partial charge < -0.3 is 19.8 Å². The summed E-state index contributed by atoms with van der Waals surface area (Å²) in [5.41, 5.74) is 0.900. The van der Waals surface area contributed by atoms with Crippen LogP contribution in [0.25, 0.3) is 0 Å². The monoisotopic (exact) mass is 359 g/mol. The van der Waals surface area contributed by atoms with Gasteiger partial charge in [0.2, 0.25) is 5.91 Å². The topological polar surface area (TPSA) is 64.1 Å². The predicted octanol–water partition coefficient (Wildman–Crippen LogP) is 1.91. The van der Waals surface area contributed by atoms with Crippen LogP contribution in [-0.4, -0.2) is 71.6 Å². The van der Waals surface area contributed by atoms with Gasteiger partial charge in [-0.25, -0.2) is 4.79 Å². The molecule has 0 saturated carbocycles. The fourth-order valence-corrected chi connectivity index (χ4v) is 4.04. The molecule has 142 valence electrons. The van der Waals surface area contributed by atoms with Crippen LogP contribution in [0.4, 0.5) is 5.69 Å². The fraction of sp³-hybridized carbons (Fsp3) is 0.600. The molecule has 0 spiro atoms. The zero-order chi connectivity index (χ0) is 18.7. The lowest BCUT2D eigenvalue weighted by Crippen LogP contribution is -2.59. The van der Waals surface area contributed by atoms with Crippen molar-refractivity contribution in [2.24, 2.45) is 5.92 Å². The molecule has 0 bridgehead atoms. The molecule has 1 amide bonds. The lowest BCUT2D eigenvalue weighted by molar-refractivity contribution is -0.143. The summed E-state index contributed by atoms with van der Waals surface area (Å²) >= 11 is 0. The van der Waals surface area contributed by atoms with Crippen molar-refractivity contribution in [2.45, 2.75) is 38.8 Å². The van der Waals surface area contributed by atoms with Gasteiger partial charge in [0.25, 0.3) is 0 Å².